The Labute approximate surface area is 88.0 Å². The number of carboxylic acids is 2. The number of nitrogens with two attached hydrogens (primary N) is 1. The van der Waals surface area contributed by atoms with E-state index in [1.165, 1.54) is 0 Å². The molecule has 0 heterocycles. The summed E-state index contributed by atoms with van der Waals surface area (Å²) in [6.07, 6.45) is 1.44. The van der Waals surface area contributed by atoms with Crippen molar-refractivity contribution >= 4 is 11.9 Å². The number of carbonyl (C=O) groups is 2. The zero-order valence-electron chi connectivity index (χ0n) is 8.64. The smallest absolute Gasteiger partial charge is 0.330 e. The highest BCUT2D eigenvalue weighted by atomic mass is 16.4. The minimum atomic E-state index is -1.18. The largest absolute Gasteiger partial charge is 0.480 e. The van der Waals surface area contributed by atoms with Crippen LogP contribution in [0.15, 0.2) is 12.2 Å². The van der Waals surface area contributed by atoms with Crippen molar-refractivity contribution in [2.75, 3.05) is 6.61 Å². The van der Waals surface area contributed by atoms with Gasteiger partial charge in [-0.2, -0.15) is 0 Å². The van der Waals surface area contributed by atoms with E-state index in [0.29, 0.717) is 12.0 Å². The summed E-state index contributed by atoms with van der Waals surface area (Å²) in [7, 11) is 0. The molecule has 0 unspecified atom stereocenters. The fourth-order valence-corrected chi connectivity index (χ4v) is 0.487. The van der Waals surface area contributed by atoms with E-state index >= 15 is 0 Å². The summed E-state index contributed by atoms with van der Waals surface area (Å²) in [6.45, 7) is 4.76. The SMILES string of the molecule is C=C(CCC)C(=O)O.N[C@@H](CO)C(=O)O. The van der Waals surface area contributed by atoms with Crippen LogP contribution in [0.25, 0.3) is 0 Å². The molecule has 0 aromatic carbocycles. The number of hydrogen-bond acceptors (Lipinski definition) is 4. The molecule has 0 fully saturated rings. The second-order valence-corrected chi connectivity index (χ2v) is 2.79. The normalized spacial score (nSPS) is 10.9. The fourth-order valence-electron chi connectivity index (χ4n) is 0.487. The van der Waals surface area contributed by atoms with Crippen molar-refractivity contribution in [3.8, 4) is 0 Å². The van der Waals surface area contributed by atoms with Gasteiger partial charge in [-0.3, -0.25) is 4.79 Å². The van der Waals surface area contributed by atoms with Gasteiger partial charge in [0.2, 0.25) is 0 Å². The summed E-state index contributed by atoms with van der Waals surface area (Å²) in [5, 5.41) is 24.1. The summed E-state index contributed by atoms with van der Waals surface area (Å²) < 4.78 is 0. The van der Waals surface area contributed by atoms with Crippen LogP contribution in [-0.4, -0.2) is 39.9 Å². The maximum absolute atomic E-state index is 9.99. The summed E-state index contributed by atoms with van der Waals surface area (Å²) in [5.74, 6) is -2.06. The molecule has 0 spiro atoms. The quantitative estimate of drug-likeness (QED) is 0.476. The van der Waals surface area contributed by atoms with E-state index in [0.717, 1.165) is 6.42 Å². The van der Waals surface area contributed by atoms with Crippen LogP contribution in [-0.2, 0) is 9.59 Å². The van der Waals surface area contributed by atoms with Gasteiger partial charge in [-0.15, -0.1) is 0 Å². The highest BCUT2D eigenvalue weighted by molar-refractivity contribution is 5.85. The van der Waals surface area contributed by atoms with Gasteiger partial charge in [-0.05, 0) is 6.42 Å². The Morgan fingerprint density at radius 3 is 1.93 bits per heavy atom. The number of aliphatic hydroxyl groups is 1. The van der Waals surface area contributed by atoms with Gasteiger partial charge in [0.1, 0.15) is 6.04 Å². The maximum Gasteiger partial charge on any atom is 0.330 e. The monoisotopic (exact) mass is 219 g/mol. The molecular weight excluding hydrogens is 202 g/mol. The molecule has 6 nitrogen and oxygen atoms in total. The third-order valence-electron chi connectivity index (χ3n) is 1.37. The highest BCUT2D eigenvalue weighted by Gasteiger charge is 2.07. The zero-order chi connectivity index (χ0) is 12.4. The van der Waals surface area contributed by atoms with Gasteiger partial charge in [0.25, 0.3) is 0 Å². The van der Waals surface area contributed by atoms with Gasteiger partial charge in [0.15, 0.2) is 0 Å². The minimum absolute atomic E-state index is 0.299. The molecule has 88 valence electrons. The van der Waals surface area contributed by atoms with Crippen molar-refractivity contribution < 1.29 is 24.9 Å². The Bertz CT molecular complexity index is 227. The molecule has 0 aliphatic heterocycles. The minimum Gasteiger partial charge on any atom is -0.480 e. The van der Waals surface area contributed by atoms with E-state index in [1.807, 2.05) is 6.92 Å². The van der Waals surface area contributed by atoms with E-state index < -0.39 is 24.6 Å². The van der Waals surface area contributed by atoms with Gasteiger partial charge in [0.05, 0.1) is 6.61 Å². The topological polar surface area (TPSA) is 121 Å². The molecule has 0 aromatic heterocycles. The van der Waals surface area contributed by atoms with Gasteiger partial charge in [0, 0.05) is 5.57 Å². The highest BCUT2D eigenvalue weighted by Crippen LogP contribution is 1.99. The van der Waals surface area contributed by atoms with Crippen LogP contribution < -0.4 is 5.73 Å². The molecule has 0 aliphatic rings. The van der Waals surface area contributed by atoms with Crippen molar-refractivity contribution in [1.82, 2.24) is 0 Å². The molecule has 0 saturated carbocycles. The zero-order valence-corrected chi connectivity index (χ0v) is 8.64. The van der Waals surface area contributed by atoms with Gasteiger partial charge < -0.3 is 21.1 Å². The lowest BCUT2D eigenvalue weighted by atomic mass is 10.2. The average Bonchev–Trinajstić information content (AvgIpc) is 2.17. The van der Waals surface area contributed by atoms with Crippen LogP contribution >= 0.6 is 0 Å². The van der Waals surface area contributed by atoms with Crippen LogP contribution in [0.3, 0.4) is 0 Å². The maximum atomic E-state index is 9.99. The van der Waals surface area contributed by atoms with Crippen LogP contribution in [0, 0.1) is 0 Å². The van der Waals surface area contributed by atoms with Gasteiger partial charge in [-0.1, -0.05) is 19.9 Å². The summed E-state index contributed by atoms with van der Waals surface area (Å²) >= 11 is 0. The lowest BCUT2D eigenvalue weighted by Crippen LogP contribution is -2.33. The Hall–Kier alpha value is -1.40. The first-order valence-electron chi connectivity index (χ1n) is 4.37. The van der Waals surface area contributed by atoms with Crippen LogP contribution in [0.5, 0.6) is 0 Å². The summed E-state index contributed by atoms with van der Waals surface area (Å²) in [5.41, 5.74) is 5.06. The Kier molecular flexibility index (Phi) is 9.81. The molecule has 1 atom stereocenters. The number of carboxylic acid groups (broad SMARTS) is 2. The van der Waals surface area contributed by atoms with E-state index in [-0.39, 0.29) is 0 Å². The number of rotatable bonds is 5. The molecule has 0 aromatic rings. The molecule has 0 bridgehead atoms. The number of aliphatic hydroxyl groups excluding tert-OH is 1. The second kappa shape index (κ2) is 9.17. The van der Waals surface area contributed by atoms with E-state index in [1.54, 1.807) is 0 Å². The van der Waals surface area contributed by atoms with E-state index in [9.17, 15) is 9.59 Å². The molecule has 0 aliphatic carbocycles. The predicted octanol–water partition coefficient (Wildman–Crippen LogP) is -0.182. The van der Waals surface area contributed by atoms with E-state index in [4.69, 9.17) is 21.1 Å². The van der Waals surface area contributed by atoms with Gasteiger partial charge in [-0.25, -0.2) is 4.79 Å². The molecule has 0 radical (unpaired) electrons. The van der Waals surface area contributed by atoms with Crippen LogP contribution in [0.2, 0.25) is 0 Å². The second-order valence-electron chi connectivity index (χ2n) is 2.79. The van der Waals surface area contributed by atoms with Crippen molar-refractivity contribution in [3.05, 3.63) is 12.2 Å². The Morgan fingerprint density at radius 2 is 1.87 bits per heavy atom. The average molecular weight is 219 g/mol. The summed E-state index contributed by atoms with van der Waals surface area (Å²) in [4.78, 5) is 19.6. The molecule has 15 heavy (non-hydrogen) atoms. The Balaban J connectivity index is 0. The third-order valence-corrected chi connectivity index (χ3v) is 1.37. The first-order valence-corrected chi connectivity index (χ1v) is 4.37. The molecule has 0 saturated heterocycles. The van der Waals surface area contributed by atoms with E-state index in [2.05, 4.69) is 6.58 Å². The number of hydrogen-bond donors (Lipinski definition) is 4. The van der Waals surface area contributed by atoms with Crippen LogP contribution in [0.4, 0.5) is 0 Å². The molecular formula is C9H17NO5. The fraction of sp³-hybridized carbons (Fsp3) is 0.556. The van der Waals surface area contributed by atoms with Crippen molar-refractivity contribution in [1.29, 1.82) is 0 Å². The molecule has 5 N–H and O–H groups in total. The first kappa shape index (κ1) is 16.0. The molecule has 0 amide bonds. The predicted molar refractivity (Wildman–Crippen MR) is 54.4 cm³/mol. The molecule has 6 heteroatoms. The van der Waals surface area contributed by atoms with Crippen molar-refractivity contribution in [3.63, 3.8) is 0 Å². The lowest BCUT2D eigenvalue weighted by Gasteiger charge is -1.96. The lowest BCUT2D eigenvalue weighted by molar-refractivity contribution is -0.139. The summed E-state index contributed by atoms with van der Waals surface area (Å²) in [6, 6.07) is -1.13. The first-order chi connectivity index (χ1) is 6.86. The van der Waals surface area contributed by atoms with Crippen LogP contribution in [0.1, 0.15) is 19.8 Å². The Morgan fingerprint density at radius 1 is 1.40 bits per heavy atom. The standard InChI is InChI=1S/C6H10O2.C3H7NO3/c1-3-4-5(2)6(7)8;4-2(1-5)3(6)7/h2-4H2,1H3,(H,7,8);2,5H,1,4H2,(H,6,7)/t;2-/m.0/s1. The molecule has 0 rings (SSSR count). The van der Waals surface area contributed by atoms with Crippen molar-refractivity contribution in [2.24, 2.45) is 5.73 Å². The third kappa shape index (κ3) is 10.5. The number of aliphatic carboxylic acids is 2. The van der Waals surface area contributed by atoms with Crippen molar-refractivity contribution in [2.45, 2.75) is 25.8 Å². The van der Waals surface area contributed by atoms with Gasteiger partial charge >= 0.3 is 11.9 Å².